The second-order valence-electron chi connectivity index (χ2n) is 5.95. The van der Waals surface area contributed by atoms with E-state index in [0.29, 0.717) is 18.3 Å². The SMILES string of the molecule is CCC1(Oc2ccccc2)OC2C3CCC(C3)C2O1. The summed E-state index contributed by atoms with van der Waals surface area (Å²) in [5.74, 6) is 1.32. The predicted octanol–water partition coefficient (Wildman–Crippen LogP) is 3.34. The molecule has 0 spiro atoms. The summed E-state index contributed by atoms with van der Waals surface area (Å²) in [6, 6.07) is 9.83. The summed E-state index contributed by atoms with van der Waals surface area (Å²) in [5.41, 5.74) is 0. The molecule has 1 aromatic rings. The summed E-state index contributed by atoms with van der Waals surface area (Å²) in [6.07, 6.45) is 5.08. The van der Waals surface area contributed by atoms with Crippen LogP contribution in [-0.2, 0) is 9.47 Å². The van der Waals surface area contributed by atoms with Crippen LogP contribution < -0.4 is 4.74 Å². The Morgan fingerprint density at radius 2 is 1.74 bits per heavy atom. The van der Waals surface area contributed by atoms with Crippen molar-refractivity contribution in [2.75, 3.05) is 0 Å². The van der Waals surface area contributed by atoms with E-state index in [4.69, 9.17) is 14.2 Å². The number of fused-ring (bicyclic) bond motifs is 5. The van der Waals surface area contributed by atoms with Crippen LogP contribution >= 0.6 is 0 Å². The molecule has 1 saturated heterocycles. The van der Waals surface area contributed by atoms with E-state index in [-0.39, 0.29) is 12.2 Å². The number of para-hydroxylation sites is 1. The van der Waals surface area contributed by atoms with Crippen LogP contribution in [0.3, 0.4) is 0 Å². The Bertz CT molecular complexity index is 440. The standard InChI is InChI=1S/C16H20O3/c1-2-16(17-13-6-4-3-5-7-13)18-14-11-8-9-12(10-11)15(14)19-16/h3-7,11-12,14-15H,2,8-10H2,1H3. The topological polar surface area (TPSA) is 27.7 Å². The molecule has 0 amide bonds. The van der Waals surface area contributed by atoms with E-state index in [1.807, 2.05) is 30.3 Å². The Labute approximate surface area is 113 Å². The zero-order chi connectivity index (χ0) is 12.9. The van der Waals surface area contributed by atoms with Crippen molar-refractivity contribution < 1.29 is 14.2 Å². The van der Waals surface area contributed by atoms with E-state index >= 15 is 0 Å². The van der Waals surface area contributed by atoms with Crippen LogP contribution in [0.25, 0.3) is 0 Å². The second kappa shape index (κ2) is 4.22. The van der Waals surface area contributed by atoms with Gasteiger partial charge in [-0.05, 0) is 43.2 Å². The first-order valence-electron chi connectivity index (χ1n) is 7.39. The summed E-state index contributed by atoms with van der Waals surface area (Å²) in [4.78, 5) is 0. The molecule has 0 N–H and O–H groups in total. The van der Waals surface area contributed by atoms with Crippen molar-refractivity contribution in [3.8, 4) is 5.75 Å². The largest absolute Gasteiger partial charge is 0.439 e. The summed E-state index contributed by atoms with van der Waals surface area (Å²) in [7, 11) is 0. The number of benzene rings is 1. The number of rotatable bonds is 3. The zero-order valence-electron chi connectivity index (χ0n) is 11.2. The molecule has 1 aliphatic heterocycles. The van der Waals surface area contributed by atoms with Crippen LogP contribution in [0.5, 0.6) is 5.75 Å². The Morgan fingerprint density at radius 3 is 2.32 bits per heavy atom. The molecule has 19 heavy (non-hydrogen) atoms. The van der Waals surface area contributed by atoms with Crippen molar-refractivity contribution >= 4 is 0 Å². The van der Waals surface area contributed by atoms with Crippen LogP contribution in [0.4, 0.5) is 0 Å². The van der Waals surface area contributed by atoms with Crippen LogP contribution in [0.2, 0.25) is 0 Å². The molecule has 0 aromatic heterocycles. The molecule has 102 valence electrons. The fourth-order valence-corrected chi connectivity index (χ4v) is 3.91. The monoisotopic (exact) mass is 260 g/mol. The zero-order valence-corrected chi connectivity index (χ0v) is 11.2. The van der Waals surface area contributed by atoms with Gasteiger partial charge in [-0.15, -0.1) is 0 Å². The minimum absolute atomic E-state index is 0.252. The average molecular weight is 260 g/mol. The van der Waals surface area contributed by atoms with E-state index in [1.165, 1.54) is 19.3 Å². The maximum Gasteiger partial charge on any atom is 0.327 e. The van der Waals surface area contributed by atoms with E-state index in [1.54, 1.807) is 0 Å². The molecular formula is C16H20O3. The molecule has 2 saturated carbocycles. The summed E-state index contributed by atoms with van der Waals surface area (Å²) in [5, 5.41) is 0. The fraction of sp³-hybridized carbons (Fsp3) is 0.625. The highest BCUT2D eigenvalue weighted by Gasteiger charge is 2.60. The quantitative estimate of drug-likeness (QED) is 0.834. The molecular weight excluding hydrogens is 240 g/mol. The first-order chi connectivity index (χ1) is 9.30. The summed E-state index contributed by atoms with van der Waals surface area (Å²) in [6.45, 7) is 2.06. The predicted molar refractivity (Wildman–Crippen MR) is 70.7 cm³/mol. The lowest BCUT2D eigenvalue weighted by Crippen LogP contribution is -2.38. The van der Waals surface area contributed by atoms with Gasteiger partial charge in [0, 0.05) is 6.42 Å². The van der Waals surface area contributed by atoms with Gasteiger partial charge in [0.2, 0.25) is 0 Å². The minimum atomic E-state index is -0.863. The smallest absolute Gasteiger partial charge is 0.327 e. The molecule has 2 aliphatic carbocycles. The molecule has 3 nitrogen and oxygen atoms in total. The van der Waals surface area contributed by atoms with Gasteiger partial charge in [-0.2, -0.15) is 0 Å². The third kappa shape index (κ3) is 1.79. The van der Waals surface area contributed by atoms with Crippen LogP contribution in [0, 0.1) is 11.8 Å². The fourth-order valence-electron chi connectivity index (χ4n) is 3.91. The van der Waals surface area contributed by atoms with Gasteiger partial charge >= 0.3 is 5.97 Å². The van der Waals surface area contributed by atoms with Crippen LogP contribution in [0.15, 0.2) is 30.3 Å². The van der Waals surface area contributed by atoms with E-state index in [0.717, 1.165) is 5.75 Å². The van der Waals surface area contributed by atoms with Gasteiger partial charge < -0.3 is 14.2 Å². The van der Waals surface area contributed by atoms with Crippen LogP contribution in [-0.4, -0.2) is 18.2 Å². The second-order valence-corrected chi connectivity index (χ2v) is 5.95. The first kappa shape index (κ1) is 11.7. The number of hydrogen-bond donors (Lipinski definition) is 0. The van der Waals surface area contributed by atoms with Crippen molar-refractivity contribution in [1.29, 1.82) is 0 Å². The molecule has 4 atom stereocenters. The normalized spacial score (nSPS) is 43.4. The lowest BCUT2D eigenvalue weighted by Gasteiger charge is -2.28. The number of ether oxygens (including phenoxy) is 3. The Kier molecular flexibility index (Phi) is 2.61. The van der Waals surface area contributed by atoms with E-state index in [9.17, 15) is 0 Å². The third-order valence-corrected chi connectivity index (χ3v) is 4.85. The molecule has 4 rings (SSSR count). The van der Waals surface area contributed by atoms with Crippen molar-refractivity contribution in [3.63, 3.8) is 0 Å². The first-order valence-corrected chi connectivity index (χ1v) is 7.39. The molecule has 3 fully saturated rings. The molecule has 2 bridgehead atoms. The summed E-state index contributed by atoms with van der Waals surface area (Å²) < 4.78 is 18.5. The van der Waals surface area contributed by atoms with Gasteiger partial charge in [0.15, 0.2) is 0 Å². The van der Waals surface area contributed by atoms with E-state index in [2.05, 4.69) is 6.92 Å². The molecule has 3 aliphatic rings. The lowest BCUT2D eigenvalue weighted by atomic mass is 9.95. The van der Waals surface area contributed by atoms with Crippen LogP contribution in [0.1, 0.15) is 32.6 Å². The molecule has 1 aromatic carbocycles. The highest BCUT2D eigenvalue weighted by atomic mass is 16.9. The molecule has 3 heteroatoms. The van der Waals surface area contributed by atoms with Gasteiger partial charge in [-0.1, -0.05) is 25.1 Å². The van der Waals surface area contributed by atoms with Gasteiger partial charge in [-0.25, -0.2) is 0 Å². The maximum absolute atomic E-state index is 6.22. The highest BCUT2D eigenvalue weighted by Crippen LogP contribution is 2.53. The van der Waals surface area contributed by atoms with Gasteiger partial charge in [0.05, 0.1) is 12.2 Å². The van der Waals surface area contributed by atoms with Crippen molar-refractivity contribution in [1.82, 2.24) is 0 Å². The Balaban J connectivity index is 1.56. The molecule has 0 radical (unpaired) electrons. The lowest BCUT2D eigenvalue weighted by molar-refractivity contribution is -0.305. The highest BCUT2D eigenvalue weighted by molar-refractivity contribution is 5.21. The Hall–Kier alpha value is -1.06. The summed E-state index contributed by atoms with van der Waals surface area (Å²) >= 11 is 0. The van der Waals surface area contributed by atoms with Gasteiger partial charge in [0.1, 0.15) is 5.75 Å². The maximum atomic E-state index is 6.22. The van der Waals surface area contributed by atoms with Gasteiger partial charge in [-0.3, -0.25) is 0 Å². The van der Waals surface area contributed by atoms with Crippen molar-refractivity contribution in [2.45, 2.75) is 50.8 Å². The van der Waals surface area contributed by atoms with E-state index < -0.39 is 5.97 Å². The molecule has 1 heterocycles. The average Bonchev–Trinajstić information content (AvgIpc) is 3.10. The third-order valence-electron chi connectivity index (χ3n) is 4.85. The van der Waals surface area contributed by atoms with Crippen molar-refractivity contribution in [3.05, 3.63) is 30.3 Å². The van der Waals surface area contributed by atoms with Gasteiger partial charge in [0.25, 0.3) is 0 Å². The Morgan fingerprint density at radius 1 is 1.11 bits per heavy atom. The van der Waals surface area contributed by atoms with Crippen molar-refractivity contribution in [2.24, 2.45) is 11.8 Å². The minimum Gasteiger partial charge on any atom is -0.439 e. The number of hydrogen-bond acceptors (Lipinski definition) is 3. The molecule has 4 unspecified atom stereocenters.